The van der Waals surface area contributed by atoms with Crippen molar-refractivity contribution in [2.24, 2.45) is 17.1 Å². The molecule has 0 saturated heterocycles. The summed E-state index contributed by atoms with van der Waals surface area (Å²) in [7, 11) is 0. The third-order valence-corrected chi connectivity index (χ3v) is 4.46. The first kappa shape index (κ1) is 13.1. The van der Waals surface area contributed by atoms with Gasteiger partial charge >= 0.3 is 0 Å². The summed E-state index contributed by atoms with van der Waals surface area (Å²) < 4.78 is 0. The first-order valence-electron chi connectivity index (χ1n) is 6.67. The van der Waals surface area contributed by atoms with Crippen LogP contribution in [0.4, 0.5) is 0 Å². The molecule has 2 atom stereocenters. The van der Waals surface area contributed by atoms with Crippen LogP contribution >= 0.6 is 0 Å². The van der Waals surface area contributed by atoms with Gasteiger partial charge in [-0.15, -0.1) is 0 Å². The van der Waals surface area contributed by atoms with E-state index in [2.05, 4.69) is 45.9 Å². The molecule has 2 N–H and O–H groups in total. The Kier molecular flexibility index (Phi) is 3.22. The standard InChI is InChI=1S/C16H23NO/c1-10-5-6-12(7-11(10)2)13(8-15(17)18)14-9-16(14,3)4/h5-7,13-14H,8-9H2,1-4H3,(H2,17,18). The maximum atomic E-state index is 11.3. The number of rotatable bonds is 4. The maximum Gasteiger partial charge on any atom is 0.218 e. The molecule has 1 aliphatic carbocycles. The number of primary amides is 1. The molecule has 0 aliphatic heterocycles. The number of nitrogens with two attached hydrogens (primary N) is 1. The number of aryl methyl sites for hydroxylation is 2. The molecule has 2 unspecified atom stereocenters. The Balaban J connectivity index is 2.28. The fourth-order valence-electron chi connectivity index (χ4n) is 2.90. The van der Waals surface area contributed by atoms with Crippen LogP contribution in [0.15, 0.2) is 18.2 Å². The normalized spacial score (nSPS) is 22.6. The summed E-state index contributed by atoms with van der Waals surface area (Å²) in [6, 6.07) is 6.52. The first-order chi connectivity index (χ1) is 8.31. The summed E-state index contributed by atoms with van der Waals surface area (Å²) in [4.78, 5) is 11.3. The van der Waals surface area contributed by atoms with Crippen LogP contribution in [0.5, 0.6) is 0 Å². The van der Waals surface area contributed by atoms with Crippen molar-refractivity contribution in [2.45, 2.75) is 46.5 Å². The first-order valence-corrected chi connectivity index (χ1v) is 6.67. The number of benzene rings is 1. The molecule has 1 saturated carbocycles. The highest BCUT2D eigenvalue weighted by Gasteiger charge is 2.50. The minimum Gasteiger partial charge on any atom is -0.370 e. The molecule has 0 aromatic heterocycles. The molecule has 0 heterocycles. The Hall–Kier alpha value is -1.31. The number of carbonyl (C=O) groups excluding carboxylic acids is 1. The Labute approximate surface area is 110 Å². The number of hydrogen-bond acceptors (Lipinski definition) is 1. The summed E-state index contributed by atoms with van der Waals surface area (Å²) >= 11 is 0. The fraction of sp³-hybridized carbons (Fsp3) is 0.562. The van der Waals surface area contributed by atoms with Gasteiger partial charge in [-0.1, -0.05) is 32.0 Å². The van der Waals surface area contributed by atoms with Crippen LogP contribution in [0.25, 0.3) is 0 Å². The van der Waals surface area contributed by atoms with Gasteiger partial charge in [0.15, 0.2) is 0 Å². The van der Waals surface area contributed by atoms with Gasteiger partial charge in [-0.2, -0.15) is 0 Å². The van der Waals surface area contributed by atoms with Crippen molar-refractivity contribution in [3.8, 4) is 0 Å². The van der Waals surface area contributed by atoms with Crippen LogP contribution in [0.1, 0.15) is 49.3 Å². The second-order valence-corrected chi connectivity index (χ2v) is 6.42. The molecule has 1 aromatic carbocycles. The van der Waals surface area contributed by atoms with Gasteiger partial charge in [-0.3, -0.25) is 4.79 Å². The van der Waals surface area contributed by atoms with Crippen molar-refractivity contribution in [3.63, 3.8) is 0 Å². The molecule has 2 heteroatoms. The predicted molar refractivity (Wildman–Crippen MR) is 74.4 cm³/mol. The van der Waals surface area contributed by atoms with Gasteiger partial charge in [0, 0.05) is 6.42 Å². The van der Waals surface area contributed by atoms with Crippen LogP contribution in [-0.2, 0) is 4.79 Å². The van der Waals surface area contributed by atoms with Crippen LogP contribution in [0.2, 0.25) is 0 Å². The molecule has 0 radical (unpaired) electrons. The topological polar surface area (TPSA) is 43.1 Å². The lowest BCUT2D eigenvalue weighted by Crippen LogP contribution is -2.18. The van der Waals surface area contributed by atoms with Crippen molar-refractivity contribution in [2.75, 3.05) is 0 Å². The van der Waals surface area contributed by atoms with E-state index < -0.39 is 0 Å². The van der Waals surface area contributed by atoms with E-state index in [4.69, 9.17) is 5.73 Å². The smallest absolute Gasteiger partial charge is 0.218 e. The summed E-state index contributed by atoms with van der Waals surface area (Å²) in [5, 5.41) is 0. The maximum absolute atomic E-state index is 11.3. The van der Waals surface area contributed by atoms with Gasteiger partial charge in [0.2, 0.25) is 5.91 Å². The van der Waals surface area contributed by atoms with E-state index in [-0.39, 0.29) is 11.8 Å². The van der Waals surface area contributed by atoms with Crippen LogP contribution in [0, 0.1) is 25.2 Å². The average Bonchev–Trinajstić information content (AvgIpc) is 2.88. The fourth-order valence-corrected chi connectivity index (χ4v) is 2.90. The SMILES string of the molecule is Cc1ccc(C(CC(N)=O)C2CC2(C)C)cc1C. The number of carbonyl (C=O) groups is 1. The molecule has 2 nitrogen and oxygen atoms in total. The summed E-state index contributed by atoms with van der Waals surface area (Å²) in [6.07, 6.45) is 1.66. The largest absolute Gasteiger partial charge is 0.370 e. The van der Waals surface area contributed by atoms with E-state index in [1.165, 1.54) is 23.1 Å². The minimum absolute atomic E-state index is 0.194. The van der Waals surface area contributed by atoms with Gasteiger partial charge < -0.3 is 5.73 Å². The van der Waals surface area contributed by atoms with E-state index in [0.717, 1.165) is 0 Å². The Bertz CT molecular complexity index is 476. The van der Waals surface area contributed by atoms with Gasteiger partial charge in [0.25, 0.3) is 0 Å². The van der Waals surface area contributed by atoms with Crippen molar-refractivity contribution in [1.29, 1.82) is 0 Å². The molecule has 1 aromatic rings. The van der Waals surface area contributed by atoms with E-state index in [1.807, 2.05) is 0 Å². The monoisotopic (exact) mass is 245 g/mol. The summed E-state index contributed by atoms with van der Waals surface area (Å²) in [6.45, 7) is 8.78. The van der Waals surface area contributed by atoms with Crippen molar-refractivity contribution in [3.05, 3.63) is 34.9 Å². The molecule has 0 bridgehead atoms. The Morgan fingerprint density at radius 3 is 2.44 bits per heavy atom. The van der Waals surface area contributed by atoms with Crippen molar-refractivity contribution < 1.29 is 4.79 Å². The third-order valence-electron chi connectivity index (χ3n) is 4.46. The summed E-state index contributed by atoms with van der Waals surface area (Å²) in [5.74, 6) is 0.685. The minimum atomic E-state index is -0.194. The zero-order valence-corrected chi connectivity index (χ0v) is 11.8. The lowest BCUT2D eigenvalue weighted by molar-refractivity contribution is -0.118. The number of hydrogen-bond donors (Lipinski definition) is 1. The lowest BCUT2D eigenvalue weighted by atomic mass is 9.86. The molecule has 18 heavy (non-hydrogen) atoms. The molecule has 1 aliphatic rings. The molecule has 0 spiro atoms. The predicted octanol–water partition coefficient (Wildman–Crippen LogP) is 3.31. The van der Waals surface area contributed by atoms with Crippen LogP contribution in [-0.4, -0.2) is 5.91 Å². The second kappa shape index (κ2) is 4.42. The highest BCUT2D eigenvalue weighted by Crippen LogP contribution is 2.59. The van der Waals surface area contributed by atoms with E-state index >= 15 is 0 Å². The zero-order valence-electron chi connectivity index (χ0n) is 11.8. The quantitative estimate of drug-likeness (QED) is 0.869. The molecule has 2 rings (SSSR count). The Morgan fingerprint density at radius 1 is 1.39 bits per heavy atom. The third kappa shape index (κ3) is 2.58. The van der Waals surface area contributed by atoms with Gasteiger partial charge in [-0.05, 0) is 54.2 Å². The van der Waals surface area contributed by atoms with Crippen molar-refractivity contribution >= 4 is 5.91 Å². The average molecular weight is 245 g/mol. The number of amides is 1. The van der Waals surface area contributed by atoms with Gasteiger partial charge in [0.05, 0.1) is 0 Å². The Morgan fingerprint density at radius 2 is 2.00 bits per heavy atom. The summed E-state index contributed by atoms with van der Waals surface area (Å²) in [5.41, 5.74) is 9.63. The molecular formula is C16H23NO. The van der Waals surface area contributed by atoms with E-state index in [1.54, 1.807) is 0 Å². The van der Waals surface area contributed by atoms with E-state index in [0.29, 0.717) is 17.8 Å². The second-order valence-electron chi connectivity index (χ2n) is 6.42. The highest BCUT2D eigenvalue weighted by atomic mass is 16.1. The molecule has 98 valence electrons. The zero-order chi connectivity index (χ0) is 13.5. The highest BCUT2D eigenvalue weighted by molar-refractivity contribution is 5.75. The molecule has 1 fully saturated rings. The van der Waals surface area contributed by atoms with Gasteiger partial charge in [-0.25, -0.2) is 0 Å². The van der Waals surface area contributed by atoms with Crippen LogP contribution < -0.4 is 5.73 Å². The van der Waals surface area contributed by atoms with Gasteiger partial charge in [0.1, 0.15) is 0 Å². The van der Waals surface area contributed by atoms with Crippen molar-refractivity contribution in [1.82, 2.24) is 0 Å². The van der Waals surface area contributed by atoms with Crippen LogP contribution in [0.3, 0.4) is 0 Å². The molecular weight excluding hydrogens is 222 g/mol. The van der Waals surface area contributed by atoms with E-state index in [9.17, 15) is 4.79 Å². The lowest BCUT2D eigenvalue weighted by Gasteiger charge is -2.19. The molecule has 1 amide bonds.